The molecular weight excluding hydrogens is 391 g/mol. The first-order valence-electron chi connectivity index (χ1n) is 9.72. The molecule has 0 aliphatic carbocycles. The van der Waals surface area contributed by atoms with Gasteiger partial charge in [0.05, 0.1) is 24.5 Å². The average molecular weight is 416 g/mol. The molecule has 4 rings (SSSR count). The van der Waals surface area contributed by atoms with Crippen LogP contribution < -0.4 is 0 Å². The maximum absolute atomic E-state index is 13.8. The number of H-pyrrole nitrogens is 1. The predicted molar refractivity (Wildman–Crippen MR) is 106 cm³/mol. The molecule has 3 heterocycles. The van der Waals surface area contributed by atoms with E-state index in [0.29, 0.717) is 19.6 Å². The van der Waals surface area contributed by atoms with Gasteiger partial charge in [-0.15, -0.1) is 0 Å². The number of likely N-dealkylation sites (tertiary alicyclic amines) is 2. The third-order valence-corrected chi connectivity index (χ3v) is 5.86. The van der Waals surface area contributed by atoms with Gasteiger partial charge in [-0.2, -0.15) is 0 Å². The van der Waals surface area contributed by atoms with Crippen LogP contribution in [0.15, 0.2) is 30.6 Å². The van der Waals surface area contributed by atoms with Crippen LogP contribution in [0, 0.1) is 24.6 Å². The zero-order valence-electron chi connectivity index (χ0n) is 16.9. The Labute approximate surface area is 173 Å². The zero-order chi connectivity index (χ0) is 21.8. The second-order valence-electron chi connectivity index (χ2n) is 7.65. The second kappa shape index (κ2) is 9.06. The topological polar surface area (TPSA) is 107 Å². The average Bonchev–Trinajstić information content (AvgIpc) is 3.36. The molecular formula is C21H25FN4O4. The predicted octanol–water partition coefficient (Wildman–Crippen LogP) is 1.78. The minimum absolute atomic E-state index is 0.0105. The smallest absolute Gasteiger partial charge is 0.290 e. The van der Waals surface area contributed by atoms with Gasteiger partial charge in [-0.3, -0.25) is 14.4 Å². The van der Waals surface area contributed by atoms with E-state index in [-0.39, 0.29) is 48.4 Å². The summed E-state index contributed by atoms with van der Waals surface area (Å²) in [5, 5.41) is 6.89. The molecule has 9 heteroatoms. The molecule has 0 bridgehead atoms. The number of rotatable bonds is 3. The molecule has 0 spiro atoms. The normalized spacial score (nSPS) is 22.3. The van der Waals surface area contributed by atoms with Crippen LogP contribution in [0.1, 0.15) is 29.9 Å². The quantitative estimate of drug-likeness (QED) is 0.742. The van der Waals surface area contributed by atoms with Gasteiger partial charge in [0.1, 0.15) is 5.82 Å². The van der Waals surface area contributed by atoms with Crippen molar-refractivity contribution >= 4 is 18.3 Å². The summed E-state index contributed by atoms with van der Waals surface area (Å²) >= 11 is 0. The fourth-order valence-electron chi connectivity index (χ4n) is 4.51. The van der Waals surface area contributed by atoms with E-state index in [1.807, 2.05) is 22.8 Å². The summed E-state index contributed by atoms with van der Waals surface area (Å²) in [5.41, 5.74) is 2.47. The molecule has 2 saturated heterocycles. The zero-order valence-corrected chi connectivity index (χ0v) is 16.9. The van der Waals surface area contributed by atoms with Gasteiger partial charge in [0, 0.05) is 44.1 Å². The highest BCUT2D eigenvalue weighted by atomic mass is 19.1. The van der Waals surface area contributed by atoms with Crippen LogP contribution in [-0.2, 0) is 20.8 Å². The molecule has 2 fully saturated rings. The maximum atomic E-state index is 13.8. The van der Waals surface area contributed by atoms with Gasteiger partial charge >= 0.3 is 0 Å². The Bertz CT molecular complexity index is 931. The van der Waals surface area contributed by atoms with Gasteiger partial charge in [0.2, 0.25) is 11.8 Å². The van der Waals surface area contributed by atoms with E-state index < -0.39 is 0 Å². The fraction of sp³-hybridized carbons (Fsp3) is 0.429. The van der Waals surface area contributed by atoms with Crippen molar-refractivity contribution in [2.75, 3.05) is 19.6 Å². The van der Waals surface area contributed by atoms with E-state index in [1.54, 1.807) is 19.3 Å². The standard InChI is InChI=1S/C20H23FN4O2.CH2O2/c1-12-18(23-11-22-12)7-19(27)24-8-15-9-25(13(2)26)20(17(15)10-24)14-4-3-5-16(21)6-14;2-1-3/h3-6,11,15,17,20H,7-10H2,1-2H3,(H,22,23);1H,(H,2,3)/t15-,17-,20-;/m1./s1. The lowest BCUT2D eigenvalue weighted by Crippen LogP contribution is -2.37. The number of imidazole rings is 1. The lowest BCUT2D eigenvalue weighted by molar-refractivity contribution is -0.131. The summed E-state index contributed by atoms with van der Waals surface area (Å²) in [7, 11) is 0. The molecule has 8 nitrogen and oxygen atoms in total. The number of hydrogen-bond donors (Lipinski definition) is 2. The van der Waals surface area contributed by atoms with Crippen molar-refractivity contribution in [3.05, 3.63) is 53.4 Å². The van der Waals surface area contributed by atoms with Gasteiger partial charge < -0.3 is 19.9 Å². The summed E-state index contributed by atoms with van der Waals surface area (Å²) in [5.74, 6) is 0.0707. The van der Waals surface area contributed by atoms with Crippen LogP contribution in [0.4, 0.5) is 4.39 Å². The Morgan fingerprint density at radius 2 is 2.07 bits per heavy atom. The summed E-state index contributed by atoms with van der Waals surface area (Å²) in [6.45, 7) is 5.02. The van der Waals surface area contributed by atoms with Crippen LogP contribution in [0.25, 0.3) is 0 Å². The maximum Gasteiger partial charge on any atom is 0.290 e. The van der Waals surface area contributed by atoms with Crippen molar-refractivity contribution in [3.63, 3.8) is 0 Å². The van der Waals surface area contributed by atoms with Crippen molar-refractivity contribution in [2.24, 2.45) is 11.8 Å². The summed E-state index contributed by atoms with van der Waals surface area (Å²) in [4.78, 5) is 44.1. The summed E-state index contributed by atoms with van der Waals surface area (Å²) < 4.78 is 13.8. The van der Waals surface area contributed by atoms with E-state index in [2.05, 4.69) is 9.97 Å². The number of nitrogens with one attached hydrogen (secondary N) is 1. The lowest BCUT2D eigenvalue weighted by Gasteiger charge is -2.29. The van der Waals surface area contributed by atoms with Gasteiger partial charge in [0.15, 0.2) is 0 Å². The Morgan fingerprint density at radius 1 is 1.33 bits per heavy atom. The van der Waals surface area contributed by atoms with Crippen molar-refractivity contribution in [1.82, 2.24) is 19.8 Å². The number of aromatic nitrogens is 2. The molecule has 3 atom stereocenters. The molecule has 1 aromatic heterocycles. The minimum atomic E-state index is -0.306. The number of carbonyl (C=O) groups is 3. The van der Waals surface area contributed by atoms with E-state index in [0.717, 1.165) is 17.0 Å². The van der Waals surface area contributed by atoms with Crippen molar-refractivity contribution < 1.29 is 23.9 Å². The van der Waals surface area contributed by atoms with Crippen molar-refractivity contribution in [1.29, 1.82) is 0 Å². The molecule has 0 radical (unpaired) electrons. The number of amides is 2. The van der Waals surface area contributed by atoms with Crippen molar-refractivity contribution in [3.8, 4) is 0 Å². The molecule has 0 unspecified atom stereocenters. The SMILES string of the molecule is CC(=O)N1C[C@H]2CN(C(=O)Cc3nc[nH]c3C)C[C@H]2[C@H]1c1cccc(F)c1.O=CO. The molecule has 2 N–H and O–H groups in total. The number of halogens is 1. The molecule has 30 heavy (non-hydrogen) atoms. The van der Waals surface area contributed by atoms with Gasteiger partial charge in [0.25, 0.3) is 6.47 Å². The Balaban J connectivity index is 0.000000806. The number of nitrogens with zero attached hydrogens (tertiary/aromatic N) is 3. The minimum Gasteiger partial charge on any atom is -0.483 e. The number of fused-ring (bicyclic) bond motifs is 1. The summed E-state index contributed by atoms with van der Waals surface area (Å²) in [6.07, 6.45) is 1.87. The van der Waals surface area contributed by atoms with Crippen LogP contribution in [0.3, 0.4) is 0 Å². The molecule has 2 aliphatic heterocycles. The number of aryl methyl sites for hydroxylation is 1. The van der Waals surface area contributed by atoms with Gasteiger partial charge in [-0.25, -0.2) is 9.37 Å². The molecule has 0 saturated carbocycles. The van der Waals surface area contributed by atoms with E-state index in [4.69, 9.17) is 9.90 Å². The number of carboxylic acid groups (broad SMARTS) is 1. The fourth-order valence-corrected chi connectivity index (χ4v) is 4.51. The van der Waals surface area contributed by atoms with E-state index in [9.17, 15) is 14.0 Å². The first-order valence-corrected chi connectivity index (χ1v) is 9.72. The number of hydrogen-bond acceptors (Lipinski definition) is 4. The number of aromatic amines is 1. The molecule has 160 valence electrons. The van der Waals surface area contributed by atoms with E-state index in [1.165, 1.54) is 12.1 Å². The molecule has 2 amide bonds. The van der Waals surface area contributed by atoms with Crippen molar-refractivity contribution in [2.45, 2.75) is 26.3 Å². The van der Waals surface area contributed by atoms with Gasteiger partial charge in [-0.1, -0.05) is 12.1 Å². The molecule has 1 aromatic carbocycles. The highest BCUT2D eigenvalue weighted by Crippen LogP contribution is 2.45. The Kier molecular flexibility index (Phi) is 6.49. The third-order valence-electron chi connectivity index (χ3n) is 5.86. The number of carbonyl (C=O) groups excluding carboxylic acids is 2. The van der Waals surface area contributed by atoms with Crippen LogP contribution >= 0.6 is 0 Å². The van der Waals surface area contributed by atoms with Crippen LogP contribution in [0.2, 0.25) is 0 Å². The first-order chi connectivity index (χ1) is 14.3. The largest absolute Gasteiger partial charge is 0.483 e. The van der Waals surface area contributed by atoms with Crippen LogP contribution in [0.5, 0.6) is 0 Å². The van der Waals surface area contributed by atoms with Crippen LogP contribution in [-0.4, -0.2) is 62.8 Å². The monoisotopic (exact) mass is 416 g/mol. The highest BCUT2D eigenvalue weighted by molar-refractivity contribution is 5.79. The summed E-state index contributed by atoms with van der Waals surface area (Å²) in [6, 6.07) is 6.26. The first kappa shape index (κ1) is 21.5. The van der Waals surface area contributed by atoms with Gasteiger partial charge in [-0.05, 0) is 24.6 Å². The third kappa shape index (κ3) is 4.34. The Morgan fingerprint density at radius 3 is 2.67 bits per heavy atom. The van der Waals surface area contributed by atoms with E-state index >= 15 is 0 Å². The Hall–Kier alpha value is -3.23. The molecule has 2 aromatic rings. The number of benzene rings is 1. The lowest BCUT2D eigenvalue weighted by atomic mass is 9.89. The molecule has 2 aliphatic rings. The second-order valence-corrected chi connectivity index (χ2v) is 7.65. The highest BCUT2D eigenvalue weighted by Gasteiger charge is 2.49.